The van der Waals surface area contributed by atoms with Crippen LogP contribution in [0.4, 0.5) is 0 Å². The number of amides is 2. The van der Waals surface area contributed by atoms with Crippen LogP contribution in [0.15, 0.2) is 24.4 Å². The molecule has 0 spiro atoms. The third kappa shape index (κ3) is 4.81. The van der Waals surface area contributed by atoms with E-state index in [4.69, 9.17) is 0 Å². The topological polar surface area (TPSA) is 75.5 Å². The number of carbonyl (C=O) groups is 2. The molecule has 2 heterocycles. The van der Waals surface area contributed by atoms with E-state index in [-0.39, 0.29) is 11.8 Å². The lowest BCUT2D eigenvalue weighted by molar-refractivity contribution is -0.118. The highest BCUT2D eigenvalue weighted by molar-refractivity contribution is 5.99. The lowest BCUT2D eigenvalue weighted by Gasteiger charge is -2.04. The van der Waals surface area contributed by atoms with Crippen LogP contribution < -0.4 is 10.6 Å². The molecule has 2 aromatic rings. The molecule has 2 rings (SSSR count). The molecular weight excluding hydrogens is 304 g/mol. The number of fused-ring (bicyclic) bond motifs is 1. The van der Waals surface area contributed by atoms with Gasteiger partial charge in [-0.05, 0) is 30.9 Å². The molecular formula is C18H26N4O2. The Kier molecular flexibility index (Phi) is 6.35. The number of hydrogen-bond acceptors (Lipinski definition) is 3. The molecule has 0 fully saturated rings. The summed E-state index contributed by atoms with van der Waals surface area (Å²) in [7, 11) is 0. The Labute approximate surface area is 142 Å². The van der Waals surface area contributed by atoms with Crippen LogP contribution in [0.1, 0.15) is 49.9 Å². The molecule has 0 atom stereocenters. The van der Waals surface area contributed by atoms with E-state index < -0.39 is 0 Å². The first kappa shape index (κ1) is 18.0. The summed E-state index contributed by atoms with van der Waals surface area (Å²) in [6.07, 6.45) is 4.43. The van der Waals surface area contributed by atoms with Crippen LogP contribution in [-0.2, 0) is 11.2 Å². The maximum atomic E-state index is 12.4. The van der Waals surface area contributed by atoms with E-state index in [1.165, 1.54) is 6.92 Å². The fraction of sp³-hybridized carbons (Fsp3) is 0.500. The van der Waals surface area contributed by atoms with Gasteiger partial charge in [0.2, 0.25) is 5.91 Å². The van der Waals surface area contributed by atoms with E-state index >= 15 is 0 Å². The molecule has 0 aliphatic carbocycles. The van der Waals surface area contributed by atoms with Crippen molar-refractivity contribution in [2.75, 3.05) is 13.1 Å². The van der Waals surface area contributed by atoms with Crippen LogP contribution in [0.25, 0.3) is 5.52 Å². The molecule has 0 aromatic carbocycles. The third-order valence-corrected chi connectivity index (χ3v) is 3.69. The Morgan fingerprint density at radius 3 is 2.54 bits per heavy atom. The van der Waals surface area contributed by atoms with Crippen molar-refractivity contribution in [2.24, 2.45) is 5.92 Å². The monoisotopic (exact) mass is 330 g/mol. The lowest BCUT2D eigenvalue weighted by atomic mass is 10.1. The van der Waals surface area contributed by atoms with Gasteiger partial charge in [0.1, 0.15) is 5.82 Å². The normalized spacial score (nSPS) is 11.0. The van der Waals surface area contributed by atoms with E-state index in [1.807, 2.05) is 28.8 Å². The van der Waals surface area contributed by atoms with Gasteiger partial charge in [-0.3, -0.25) is 9.59 Å². The highest BCUT2D eigenvalue weighted by Crippen LogP contribution is 2.16. The van der Waals surface area contributed by atoms with Gasteiger partial charge in [0.05, 0.1) is 5.52 Å². The van der Waals surface area contributed by atoms with Gasteiger partial charge >= 0.3 is 0 Å². The average Bonchev–Trinajstić information content (AvgIpc) is 2.88. The molecule has 2 N–H and O–H groups in total. The van der Waals surface area contributed by atoms with Gasteiger partial charge in [0.25, 0.3) is 5.91 Å². The zero-order chi connectivity index (χ0) is 17.5. The van der Waals surface area contributed by atoms with Crippen molar-refractivity contribution >= 4 is 17.3 Å². The number of nitrogens with zero attached hydrogens (tertiary/aromatic N) is 2. The molecule has 6 nitrogen and oxygen atoms in total. The van der Waals surface area contributed by atoms with Crippen LogP contribution in [0.2, 0.25) is 0 Å². The standard InChI is InChI=1S/C18H26N4O2/c1-13(2)12-16-21-17(15-8-4-7-11-22(15)16)18(24)20-10-6-5-9-19-14(3)23/h4,7-8,11,13H,5-6,9-10,12H2,1-3H3,(H,19,23)(H,20,24). The van der Waals surface area contributed by atoms with Gasteiger partial charge in [0, 0.05) is 32.6 Å². The van der Waals surface area contributed by atoms with Crippen molar-refractivity contribution in [1.29, 1.82) is 0 Å². The van der Waals surface area contributed by atoms with Gasteiger partial charge in [-0.15, -0.1) is 0 Å². The zero-order valence-electron chi connectivity index (χ0n) is 14.6. The van der Waals surface area contributed by atoms with E-state index in [2.05, 4.69) is 29.5 Å². The minimum atomic E-state index is -0.145. The minimum Gasteiger partial charge on any atom is -0.356 e. The number of unbranched alkanes of at least 4 members (excludes halogenated alkanes) is 1. The number of imidazole rings is 1. The van der Waals surface area contributed by atoms with Crippen molar-refractivity contribution in [3.63, 3.8) is 0 Å². The number of hydrogen-bond donors (Lipinski definition) is 2. The molecule has 0 unspecified atom stereocenters. The second-order valence-electron chi connectivity index (χ2n) is 6.38. The summed E-state index contributed by atoms with van der Waals surface area (Å²) < 4.78 is 1.99. The van der Waals surface area contributed by atoms with Crippen LogP contribution in [0, 0.1) is 5.92 Å². The molecule has 2 amide bonds. The second kappa shape index (κ2) is 8.47. The first-order valence-corrected chi connectivity index (χ1v) is 8.47. The number of carbonyl (C=O) groups excluding carboxylic acids is 2. The van der Waals surface area contributed by atoms with Gasteiger partial charge in [0.15, 0.2) is 5.69 Å². The molecule has 0 aliphatic heterocycles. The summed E-state index contributed by atoms with van der Waals surface area (Å²) in [4.78, 5) is 27.8. The lowest BCUT2D eigenvalue weighted by Crippen LogP contribution is -2.26. The third-order valence-electron chi connectivity index (χ3n) is 3.69. The average molecular weight is 330 g/mol. The zero-order valence-corrected chi connectivity index (χ0v) is 14.6. The summed E-state index contributed by atoms with van der Waals surface area (Å²) in [6, 6.07) is 5.78. The maximum Gasteiger partial charge on any atom is 0.272 e. The maximum absolute atomic E-state index is 12.4. The Hall–Kier alpha value is -2.37. The van der Waals surface area contributed by atoms with Crippen molar-refractivity contribution in [1.82, 2.24) is 20.0 Å². The van der Waals surface area contributed by atoms with Crippen molar-refractivity contribution in [2.45, 2.75) is 40.0 Å². The first-order chi connectivity index (χ1) is 11.5. The van der Waals surface area contributed by atoms with Gasteiger partial charge in [-0.2, -0.15) is 0 Å². The van der Waals surface area contributed by atoms with Gasteiger partial charge < -0.3 is 15.0 Å². The van der Waals surface area contributed by atoms with E-state index in [0.29, 0.717) is 24.7 Å². The van der Waals surface area contributed by atoms with Crippen molar-refractivity contribution < 1.29 is 9.59 Å². The molecule has 2 aromatic heterocycles. The molecule has 0 bridgehead atoms. The molecule has 6 heteroatoms. The molecule has 130 valence electrons. The highest BCUT2D eigenvalue weighted by atomic mass is 16.2. The number of rotatable bonds is 8. The number of pyridine rings is 1. The largest absolute Gasteiger partial charge is 0.356 e. The van der Waals surface area contributed by atoms with Crippen LogP contribution in [0.5, 0.6) is 0 Å². The minimum absolute atomic E-state index is 0.0267. The summed E-state index contributed by atoms with van der Waals surface area (Å²) in [5.74, 6) is 1.21. The first-order valence-electron chi connectivity index (χ1n) is 8.47. The van der Waals surface area contributed by atoms with Crippen LogP contribution in [-0.4, -0.2) is 34.3 Å². The number of nitrogens with one attached hydrogen (secondary N) is 2. The Balaban J connectivity index is 1.98. The van der Waals surface area contributed by atoms with Gasteiger partial charge in [-0.1, -0.05) is 19.9 Å². The van der Waals surface area contributed by atoms with Crippen LogP contribution in [0.3, 0.4) is 0 Å². The number of aromatic nitrogens is 2. The quantitative estimate of drug-likeness (QED) is 0.729. The van der Waals surface area contributed by atoms with E-state index in [9.17, 15) is 9.59 Å². The second-order valence-corrected chi connectivity index (χ2v) is 6.38. The molecule has 0 saturated carbocycles. The predicted octanol–water partition coefficient (Wildman–Crippen LogP) is 2.18. The van der Waals surface area contributed by atoms with Crippen LogP contribution >= 0.6 is 0 Å². The Bertz CT molecular complexity index is 706. The smallest absolute Gasteiger partial charge is 0.272 e. The summed E-state index contributed by atoms with van der Waals surface area (Å²) >= 11 is 0. The SMILES string of the molecule is CC(=O)NCCCCNC(=O)c1nc(CC(C)C)n2ccccc12. The van der Waals surface area contributed by atoms with Crippen molar-refractivity contribution in [3.8, 4) is 0 Å². The highest BCUT2D eigenvalue weighted by Gasteiger charge is 2.17. The molecule has 0 radical (unpaired) electrons. The van der Waals surface area contributed by atoms with E-state index in [0.717, 1.165) is 30.6 Å². The molecule has 24 heavy (non-hydrogen) atoms. The molecule has 0 saturated heterocycles. The fourth-order valence-corrected chi connectivity index (χ4v) is 2.58. The van der Waals surface area contributed by atoms with E-state index in [1.54, 1.807) is 0 Å². The van der Waals surface area contributed by atoms with Crippen molar-refractivity contribution in [3.05, 3.63) is 35.9 Å². The molecule has 0 aliphatic rings. The fourth-order valence-electron chi connectivity index (χ4n) is 2.58. The Morgan fingerprint density at radius 1 is 1.17 bits per heavy atom. The summed E-state index contributed by atoms with van der Waals surface area (Å²) in [5.41, 5.74) is 1.32. The van der Waals surface area contributed by atoms with Gasteiger partial charge in [-0.25, -0.2) is 4.98 Å². The Morgan fingerprint density at radius 2 is 1.88 bits per heavy atom. The predicted molar refractivity (Wildman–Crippen MR) is 94.0 cm³/mol. The summed E-state index contributed by atoms with van der Waals surface area (Å²) in [5, 5.41) is 5.66. The summed E-state index contributed by atoms with van der Waals surface area (Å²) in [6.45, 7) is 6.99.